The molecule has 2 aromatic rings. The van der Waals surface area contributed by atoms with Crippen LogP contribution in [0.15, 0.2) is 57.9 Å². The molecule has 2 rings (SSSR count). The lowest BCUT2D eigenvalue weighted by Gasteiger charge is -2.24. The summed E-state index contributed by atoms with van der Waals surface area (Å²) in [6.45, 7) is 2.45. The number of hydrogen-bond donors (Lipinski definition) is 1. The molecule has 2 aromatic carbocycles. The lowest BCUT2D eigenvalue weighted by Crippen LogP contribution is -2.32. The number of aliphatic carboxylic acids is 1. The van der Waals surface area contributed by atoms with E-state index < -0.39 is 16.0 Å². The van der Waals surface area contributed by atoms with Crippen LogP contribution >= 0.6 is 15.9 Å². The van der Waals surface area contributed by atoms with Gasteiger partial charge < -0.3 is 9.84 Å². The molecule has 0 radical (unpaired) electrons. The molecule has 0 fully saturated rings. The third-order valence-corrected chi connectivity index (χ3v) is 5.96. The van der Waals surface area contributed by atoms with E-state index in [1.54, 1.807) is 36.4 Å². The second kappa shape index (κ2) is 9.05. The average Bonchev–Trinajstić information content (AvgIpc) is 2.60. The predicted molar refractivity (Wildman–Crippen MR) is 103 cm³/mol. The smallest absolute Gasteiger partial charge is 0.303 e. The van der Waals surface area contributed by atoms with Crippen LogP contribution in [0.25, 0.3) is 0 Å². The molecule has 8 heteroatoms. The molecule has 0 saturated heterocycles. The van der Waals surface area contributed by atoms with Crippen LogP contribution in [-0.4, -0.2) is 32.6 Å². The van der Waals surface area contributed by atoms with Gasteiger partial charge in [0.25, 0.3) is 10.0 Å². The minimum absolute atomic E-state index is 0.0681. The molecule has 0 saturated carbocycles. The molecular formula is C18H20BrNO5S. The molecule has 140 valence electrons. The Labute approximate surface area is 161 Å². The van der Waals surface area contributed by atoms with E-state index in [1.165, 1.54) is 16.4 Å². The van der Waals surface area contributed by atoms with E-state index in [2.05, 4.69) is 15.9 Å². The van der Waals surface area contributed by atoms with Gasteiger partial charge in [0.2, 0.25) is 0 Å². The zero-order chi connectivity index (χ0) is 19.2. The lowest BCUT2D eigenvalue weighted by molar-refractivity contribution is -0.137. The summed E-state index contributed by atoms with van der Waals surface area (Å²) in [6.07, 6.45) is 0.0989. The van der Waals surface area contributed by atoms with Gasteiger partial charge in [-0.3, -0.25) is 9.10 Å². The molecule has 0 aliphatic heterocycles. The molecule has 6 nitrogen and oxygen atoms in total. The molecule has 0 amide bonds. The van der Waals surface area contributed by atoms with Gasteiger partial charge in [0.05, 0.1) is 17.2 Å². The van der Waals surface area contributed by atoms with Crippen LogP contribution in [0.3, 0.4) is 0 Å². The van der Waals surface area contributed by atoms with Gasteiger partial charge in [-0.1, -0.05) is 15.9 Å². The maximum absolute atomic E-state index is 13.1. The number of hydrogen-bond acceptors (Lipinski definition) is 4. The molecule has 0 aliphatic rings. The summed E-state index contributed by atoms with van der Waals surface area (Å²) >= 11 is 3.29. The van der Waals surface area contributed by atoms with Crippen LogP contribution in [0.2, 0.25) is 0 Å². The van der Waals surface area contributed by atoms with Gasteiger partial charge in [-0.25, -0.2) is 8.42 Å². The summed E-state index contributed by atoms with van der Waals surface area (Å²) in [5.41, 5.74) is 0.460. The number of anilines is 1. The molecular weight excluding hydrogens is 422 g/mol. The summed E-state index contributed by atoms with van der Waals surface area (Å²) in [5, 5.41) is 8.85. The molecule has 1 N–H and O–H groups in total. The number of carboxylic acid groups (broad SMARTS) is 1. The number of rotatable bonds is 9. The standard InChI is InChI=1S/C18H20BrNO5S/c1-2-25-16-9-7-15(8-10-16)20(13-3-4-18(21)22)26(23,24)17-11-5-14(19)6-12-17/h5-12H,2-4,13H2,1H3,(H,21,22). The van der Waals surface area contributed by atoms with Crippen molar-refractivity contribution in [3.63, 3.8) is 0 Å². The first-order valence-corrected chi connectivity index (χ1v) is 10.3. The Morgan fingerprint density at radius 3 is 2.27 bits per heavy atom. The van der Waals surface area contributed by atoms with E-state index in [0.717, 1.165) is 4.47 Å². The van der Waals surface area contributed by atoms with Crippen molar-refractivity contribution < 1.29 is 23.1 Å². The minimum atomic E-state index is -3.82. The Kier molecular flexibility index (Phi) is 7.05. The number of carbonyl (C=O) groups is 1. The van der Waals surface area contributed by atoms with Crippen LogP contribution in [0.1, 0.15) is 19.8 Å². The van der Waals surface area contributed by atoms with Crippen molar-refractivity contribution in [1.82, 2.24) is 0 Å². The van der Waals surface area contributed by atoms with Gasteiger partial charge in [-0.05, 0) is 61.9 Å². The molecule has 0 unspecified atom stereocenters. The highest BCUT2D eigenvalue weighted by molar-refractivity contribution is 9.10. The zero-order valence-corrected chi connectivity index (χ0v) is 16.7. The first-order chi connectivity index (χ1) is 12.3. The van der Waals surface area contributed by atoms with Crippen LogP contribution in [0, 0.1) is 0 Å². The predicted octanol–water partition coefficient (Wildman–Crippen LogP) is 3.91. The number of ether oxygens (including phenoxy) is 1. The second-order valence-electron chi connectivity index (χ2n) is 5.46. The van der Waals surface area contributed by atoms with Crippen molar-refractivity contribution in [2.75, 3.05) is 17.5 Å². The van der Waals surface area contributed by atoms with Crippen LogP contribution in [-0.2, 0) is 14.8 Å². The van der Waals surface area contributed by atoms with Gasteiger partial charge in [-0.15, -0.1) is 0 Å². The minimum Gasteiger partial charge on any atom is -0.494 e. The van der Waals surface area contributed by atoms with E-state index in [-0.39, 0.29) is 24.3 Å². The van der Waals surface area contributed by atoms with Crippen LogP contribution in [0.5, 0.6) is 5.75 Å². The molecule has 0 spiro atoms. The lowest BCUT2D eigenvalue weighted by atomic mass is 10.2. The van der Waals surface area contributed by atoms with E-state index in [1.807, 2.05) is 6.92 Å². The van der Waals surface area contributed by atoms with Crippen LogP contribution in [0.4, 0.5) is 5.69 Å². The summed E-state index contributed by atoms with van der Waals surface area (Å²) in [4.78, 5) is 10.9. The van der Waals surface area contributed by atoms with Crippen molar-refractivity contribution in [1.29, 1.82) is 0 Å². The number of nitrogens with zero attached hydrogens (tertiary/aromatic N) is 1. The highest BCUT2D eigenvalue weighted by Gasteiger charge is 2.25. The molecule has 0 aliphatic carbocycles. The molecule has 26 heavy (non-hydrogen) atoms. The first kappa shape index (κ1) is 20.3. The monoisotopic (exact) mass is 441 g/mol. The van der Waals surface area contributed by atoms with Crippen molar-refractivity contribution in [2.24, 2.45) is 0 Å². The number of benzene rings is 2. The van der Waals surface area contributed by atoms with E-state index in [9.17, 15) is 13.2 Å². The van der Waals surface area contributed by atoms with Crippen molar-refractivity contribution >= 4 is 37.6 Å². The second-order valence-corrected chi connectivity index (χ2v) is 8.23. The topological polar surface area (TPSA) is 83.9 Å². The molecule has 0 bridgehead atoms. The Hall–Kier alpha value is -2.06. The fourth-order valence-corrected chi connectivity index (χ4v) is 4.14. The average molecular weight is 442 g/mol. The van der Waals surface area contributed by atoms with E-state index in [4.69, 9.17) is 9.84 Å². The number of sulfonamides is 1. The van der Waals surface area contributed by atoms with E-state index >= 15 is 0 Å². The first-order valence-electron chi connectivity index (χ1n) is 8.07. The zero-order valence-electron chi connectivity index (χ0n) is 14.3. The van der Waals surface area contributed by atoms with Crippen molar-refractivity contribution in [3.8, 4) is 5.75 Å². The highest BCUT2D eigenvalue weighted by atomic mass is 79.9. The van der Waals surface area contributed by atoms with Gasteiger partial charge in [0.1, 0.15) is 5.75 Å². The Bertz CT molecular complexity index is 835. The molecule has 0 heterocycles. The summed E-state index contributed by atoms with van der Waals surface area (Å²) < 4.78 is 33.5. The van der Waals surface area contributed by atoms with Gasteiger partial charge in [0.15, 0.2) is 0 Å². The maximum Gasteiger partial charge on any atom is 0.303 e. The Morgan fingerprint density at radius 2 is 1.73 bits per heavy atom. The van der Waals surface area contributed by atoms with Crippen molar-refractivity contribution in [3.05, 3.63) is 53.0 Å². The van der Waals surface area contributed by atoms with Crippen LogP contribution < -0.4 is 9.04 Å². The SMILES string of the molecule is CCOc1ccc(N(CCCC(=O)O)S(=O)(=O)c2ccc(Br)cc2)cc1. The normalized spacial score (nSPS) is 11.2. The summed E-state index contributed by atoms with van der Waals surface area (Å²) in [6, 6.07) is 13.0. The number of carboxylic acids is 1. The third kappa shape index (κ3) is 5.22. The van der Waals surface area contributed by atoms with Gasteiger partial charge in [-0.2, -0.15) is 0 Å². The fourth-order valence-electron chi connectivity index (χ4n) is 2.37. The quantitative estimate of drug-likeness (QED) is 0.637. The third-order valence-electron chi connectivity index (χ3n) is 3.59. The maximum atomic E-state index is 13.1. The number of halogens is 1. The Morgan fingerprint density at radius 1 is 1.12 bits per heavy atom. The fraction of sp³-hybridized carbons (Fsp3) is 0.278. The summed E-state index contributed by atoms with van der Waals surface area (Å²) in [7, 11) is -3.82. The largest absolute Gasteiger partial charge is 0.494 e. The van der Waals surface area contributed by atoms with Crippen molar-refractivity contribution in [2.45, 2.75) is 24.7 Å². The summed E-state index contributed by atoms with van der Waals surface area (Å²) in [5.74, 6) is -0.319. The van der Waals surface area contributed by atoms with Gasteiger partial charge >= 0.3 is 5.97 Å². The van der Waals surface area contributed by atoms with E-state index in [0.29, 0.717) is 18.0 Å². The molecule has 0 aromatic heterocycles. The molecule has 0 atom stereocenters. The Balaban J connectivity index is 2.35. The highest BCUT2D eigenvalue weighted by Crippen LogP contribution is 2.27. The van der Waals surface area contributed by atoms with Gasteiger partial charge in [0, 0.05) is 17.4 Å².